The third-order valence-electron chi connectivity index (χ3n) is 4.16. The van der Waals surface area contributed by atoms with Gasteiger partial charge in [-0.2, -0.15) is 10.2 Å². The lowest BCUT2D eigenvalue weighted by Gasteiger charge is -2.19. The van der Waals surface area contributed by atoms with Gasteiger partial charge in [-0.05, 0) is 47.4 Å². The fourth-order valence-electron chi connectivity index (χ4n) is 2.53. The van der Waals surface area contributed by atoms with Crippen molar-refractivity contribution in [3.05, 3.63) is 90.6 Å². The van der Waals surface area contributed by atoms with Crippen LogP contribution in [0.25, 0.3) is 5.82 Å². The van der Waals surface area contributed by atoms with Crippen molar-refractivity contribution >= 4 is 11.6 Å². The van der Waals surface area contributed by atoms with Crippen molar-refractivity contribution in [2.75, 3.05) is 5.32 Å². The minimum atomic E-state index is -0.182. The van der Waals surface area contributed by atoms with E-state index in [0.717, 1.165) is 5.69 Å². The van der Waals surface area contributed by atoms with Crippen molar-refractivity contribution in [1.29, 1.82) is 0 Å². The normalized spacial score (nSPS) is 10.7. The summed E-state index contributed by atoms with van der Waals surface area (Å²) in [6, 6.07) is 15.1. The second-order valence-corrected chi connectivity index (χ2v) is 7.40. The van der Waals surface area contributed by atoms with Gasteiger partial charge in [0.15, 0.2) is 5.82 Å². The topological polar surface area (TPSA) is 88.5 Å². The van der Waals surface area contributed by atoms with E-state index >= 15 is 0 Å². The number of carbonyl (C=O) groups is 1. The van der Waals surface area contributed by atoms with E-state index in [1.807, 2.05) is 36.4 Å². The summed E-state index contributed by atoms with van der Waals surface area (Å²) >= 11 is 0. The molecule has 0 aliphatic rings. The van der Waals surface area contributed by atoms with Gasteiger partial charge in [-0.25, -0.2) is 9.67 Å². The maximum Gasteiger partial charge on any atom is 0.257 e. The number of carbonyl (C=O) groups excluding carboxylic acids is 1. The summed E-state index contributed by atoms with van der Waals surface area (Å²) < 4.78 is 1.65. The Bertz CT molecular complexity index is 982. The highest BCUT2D eigenvalue weighted by Crippen LogP contribution is 2.23. The molecule has 0 saturated heterocycles. The zero-order chi connectivity index (χ0) is 20.7. The number of amides is 1. The second-order valence-electron chi connectivity index (χ2n) is 7.40. The molecule has 0 radical (unpaired) electrons. The molecule has 0 aliphatic carbocycles. The van der Waals surface area contributed by atoms with Crippen molar-refractivity contribution in [2.45, 2.75) is 26.2 Å². The van der Waals surface area contributed by atoms with Gasteiger partial charge in [-0.15, -0.1) is 0 Å². The van der Waals surface area contributed by atoms with Crippen LogP contribution in [-0.4, -0.2) is 30.9 Å². The molecule has 0 spiro atoms. The Balaban J connectivity index is 0.000000419. The van der Waals surface area contributed by atoms with Crippen LogP contribution in [0.3, 0.4) is 0 Å². The lowest BCUT2D eigenvalue weighted by molar-refractivity contribution is 0.102. The Morgan fingerprint density at radius 2 is 1.83 bits per heavy atom. The summed E-state index contributed by atoms with van der Waals surface area (Å²) in [6.07, 6.45) is 8.50. The van der Waals surface area contributed by atoms with Gasteiger partial charge in [-0.1, -0.05) is 32.9 Å². The quantitative estimate of drug-likeness (QED) is 0.550. The molecule has 29 heavy (non-hydrogen) atoms. The monoisotopic (exact) mass is 388 g/mol. The summed E-state index contributed by atoms with van der Waals surface area (Å²) in [6.45, 7) is 6.48. The Morgan fingerprint density at radius 3 is 2.31 bits per heavy atom. The van der Waals surface area contributed by atoms with Crippen LogP contribution < -0.4 is 5.32 Å². The summed E-state index contributed by atoms with van der Waals surface area (Å²) in [5, 5.41) is 13.2. The van der Waals surface area contributed by atoms with E-state index in [1.54, 1.807) is 47.8 Å². The molecule has 7 nitrogen and oxygen atoms in total. The first-order valence-corrected chi connectivity index (χ1v) is 9.25. The highest BCUT2D eigenvalue weighted by Gasteiger charge is 2.13. The number of nitrogens with one attached hydrogen (secondary N) is 2. The van der Waals surface area contributed by atoms with E-state index in [4.69, 9.17) is 0 Å². The standard InChI is InChI=1S/C19H20N4O.C3H4N2/c1-19(2,3)15-6-8-16(9-7-15)22-18(24)14-5-10-17(20-13-14)23-12-4-11-21-23;1-2-4-5-3-1/h4-13H,1-3H3,(H,22,24);1-3H,(H,4,5). The van der Waals surface area contributed by atoms with Crippen LogP contribution in [0.2, 0.25) is 0 Å². The first-order valence-electron chi connectivity index (χ1n) is 9.25. The van der Waals surface area contributed by atoms with Gasteiger partial charge in [-0.3, -0.25) is 9.89 Å². The highest BCUT2D eigenvalue weighted by molar-refractivity contribution is 6.04. The molecule has 7 heteroatoms. The van der Waals surface area contributed by atoms with Crippen molar-refractivity contribution in [3.63, 3.8) is 0 Å². The third kappa shape index (κ3) is 5.62. The van der Waals surface area contributed by atoms with E-state index in [2.05, 4.69) is 46.4 Å². The zero-order valence-electron chi connectivity index (χ0n) is 16.7. The van der Waals surface area contributed by atoms with Gasteiger partial charge >= 0.3 is 0 Å². The SMILES string of the molecule is CC(C)(C)c1ccc(NC(=O)c2ccc(-n3cccn3)nc2)cc1.c1cn[nH]c1. The molecule has 4 aromatic rings. The summed E-state index contributed by atoms with van der Waals surface area (Å²) in [5.41, 5.74) is 2.59. The van der Waals surface area contributed by atoms with Crippen LogP contribution >= 0.6 is 0 Å². The molecule has 0 aliphatic heterocycles. The number of hydrogen-bond acceptors (Lipinski definition) is 4. The van der Waals surface area contributed by atoms with Crippen LogP contribution in [0.15, 0.2) is 79.5 Å². The lowest BCUT2D eigenvalue weighted by Crippen LogP contribution is -2.14. The second kappa shape index (κ2) is 8.97. The lowest BCUT2D eigenvalue weighted by atomic mass is 9.87. The molecule has 1 aromatic carbocycles. The minimum Gasteiger partial charge on any atom is -0.322 e. The summed E-state index contributed by atoms with van der Waals surface area (Å²) in [7, 11) is 0. The highest BCUT2D eigenvalue weighted by atomic mass is 16.1. The van der Waals surface area contributed by atoms with Crippen LogP contribution in [0, 0.1) is 0 Å². The average Bonchev–Trinajstić information content (AvgIpc) is 3.44. The number of aromatic nitrogens is 5. The van der Waals surface area contributed by atoms with E-state index in [-0.39, 0.29) is 11.3 Å². The van der Waals surface area contributed by atoms with Gasteiger partial charge in [0.1, 0.15) is 0 Å². The van der Waals surface area contributed by atoms with Crippen LogP contribution in [0.1, 0.15) is 36.7 Å². The third-order valence-corrected chi connectivity index (χ3v) is 4.16. The zero-order valence-corrected chi connectivity index (χ0v) is 16.7. The molecule has 0 unspecified atom stereocenters. The molecule has 4 rings (SSSR count). The molecular weight excluding hydrogens is 364 g/mol. The molecule has 0 fully saturated rings. The predicted octanol–water partition coefficient (Wildman–Crippen LogP) is 4.23. The van der Waals surface area contributed by atoms with Crippen molar-refractivity contribution in [3.8, 4) is 5.82 Å². The summed E-state index contributed by atoms with van der Waals surface area (Å²) in [5.74, 6) is 0.490. The van der Waals surface area contributed by atoms with E-state index in [9.17, 15) is 4.79 Å². The fourth-order valence-corrected chi connectivity index (χ4v) is 2.53. The Kier molecular flexibility index (Phi) is 6.19. The number of nitrogens with zero attached hydrogens (tertiary/aromatic N) is 4. The van der Waals surface area contributed by atoms with Gasteiger partial charge < -0.3 is 5.32 Å². The largest absolute Gasteiger partial charge is 0.322 e. The van der Waals surface area contributed by atoms with Gasteiger partial charge in [0.25, 0.3) is 5.91 Å². The molecule has 148 valence electrons. The van der Waals surface area contributed by atoms with Crippen molar-refractivity contribution in [1.82, 2.24) is 25.0 Å². The molecule has 3 aromatic heterocycles. The Labute approximate surface area is 169 Å². The molecule has 0 atom stereocenters. The van der Waals surface area contributed by atoms with Crippen molar-refractivity contribution in [2.24, 2.45) is 0 Å². The van der Waals surface area contributed by atoms with Crippen molar-refractivity contribution < 1.29 is 4.79 Å². The van der Waals surface area contributed by atoms with Crippen LogP contribution in [0.5, 0.6) is 0 Å². The first kappa shape index (κ1) is 20.0. The van der Waals surface area contributed by atoms with Crippen LogP contribution in [-0.2, 0) is 5.41 Å². The minimum absolute atomic E-state index is 0.0921. The molecule has 1 amide bonds. The number of H-pyrrole nitrogens is 1. The maximum absolute atomic E-state index is 12.3. The molecular formula is C22H24N6O. The van der Waals surface area contributed by atoms with Gasteiger partial charge in [0, 0.05) is 36.7 Å². The molecule has 0 bridgehead atoms. The van der Waals surface area contributed by atoms with Gasteiger partial charge in [0.05, 0.1) is 5.56 Å². The smallest absolute Gasteiger partial charge is 0.257 e. The maximum atomic E-state index is 12.3. The first-order chi connectivity index (χ1) is 13.9. The van der Waals surface area contributed by atoms with E-state index in [0.29, 0.717) is 11.4 Å². The van der Waals surface area contributed by atoms with E-state index in [1.165, 1.54) is 5.56 Å². The molecule has 0 saturated carbocycles. The number of anilines is 1. The number of rotatable bonds is 3. The Hall–Kier alpha value is -3.74. The predicted molar refractivity (Wildman–Crippen MR) is 113 cm³/mol. The molecule has 3 heterocycles. The number of pyridine rings is 1. The number of hydrogen-bond donors (Lipinski definition) is 2. The van der Waals surface area contributed by atoms with Gasteiger partial charge in [0.2, 0.25) is 0 Å². The van der Waals surface area contributed by atoms with Crippen LogP contribution in [0.4, 0.5) is 5.69 Å². The average molecular weight is 388 g/mol. The molecule has 2 N–H and O–H groups in total. The fraction of sp³-hybridized carbons (Fsp3) is 0.182. The summed E-state index contributed by atoms with van der Waals surface area (Å²) in [4.78, 5) is 16.6. The van der Waals surface area contributed by atoms with E-state index < -0.39 is 0 Å². The number of benzene rings is 1. The number of aromatic amines is 1. The Morgan fingerprint density at radius 1 is 1.03 bits per heavy atom.